The number of likely N-dealkylation sites (N-methyl/N-ethyl adjacent to an activating group) is 2. The zero-order valence-corrected chi connectivity index (χ0v) is 25.6. The van der Waals surface area contributed by atoms with E-state index in [1.165, 1.54) is 5.56 Å². The Hall–Kier alpha value is -4.40. The third kappa shape index (κ3) is 4.98. The van der Waals surface area contributed by atoms with E-state index in [9.17, 15) is 10.2 Å². The lowest BCUT2D eigenvalue weighted by Crippen LogP contribution is -2.34. The summed E-state index contributed by atoms with van der Waals surface area (Å²) in [4.78, 5) is 4.68. The van der Waals surface area contributed by atoms with Crippen molar-refractivity contribution in [1.82, 2.24) is 9.80 Å². The second-order valence-electron chi connectivity index (χ2n) is 12.1. The second kappa shape index (κ2) is 11.3. The second-order valence-corrected chi connectivity index (χ2v) is 12.1. The smallest absolute Gasteiger partial charge is 0.204 e. The largest absolute Gasteiger partial charge is 0.504 e. The normalized spacial score (nSPS) is 19.6. The number of nitrogens with zero attached hydrogens (tertiary/aromatic N) is 2. The van der Waals surface area contributed by atoms with Gasteiger partial charge in [-0.3, -0.25) is 9.80 Å². The van der Waals surface area contributed by atoms with Gasteiger partial charge in [-0.05, 0) is 110 Å². The number of benzene rings is 4. The summed E-state index contributed by atoms with van der Waals surface area (Å²) < 4.78 is 24.8. The Morgan fingerprint density at radius 2 is 1.41 bits per heavy atom. The molecule has 0 fully saturated rings. The van der Waals surface area contributed by atoms with Crippen LogP contribution in [0.5, 0.6) is 46.0 Å². The van der Waals surface area contributed by atoms with Crippen molar-refractivity contribution < 1.29 is 29.2 Å². The van der Waals surface area contributed by atoms with Crippen molar-refractivity contribution in [3.05, 3.63) is 94.0 Å². The molecule has 2 atom stereocenters. The van der Waals surface area contributed by atoms with Gasteiger partial charge in [0.1, 0.15) is 5.75 Å². The number of phenolic OH excluding ortho intramolecular Hbond substituents is 2. The highest BCUT2D eigenvalue weighted by molar-refractivity contribution is 5.63. The number of hydrogen-bond acceptors (Lipinski definition) is 8. The van der Waals surface area contributed by atoms with Gasteiger partial charge in [-0.25, -0.2) is 0 Å². The number of methoxy groups -OCH3 is 2. The highest BCUT2D eigenvalue weighted by atomic mass is 16.5. The third-order valence-corrected chi connectivity index (χ3v) is 9.44. The number of aromatic hydroxyl groups is 2. The quantitative estimate of drug-likeness (QED) is 0.270. The van der Waals surface area contributed by atoms with Crippen molar-refractivity contribution in [3.8, 4) is 46.0 Å². The molecule has 4 heterocycles. The molecule has 8 rings (SSSR count). The molecule has 0 spiro atoms. The fourth-order valence-electron chi connectivity index (χ4n) is 6.98. The van der Waals surface area contributed by atoms with E-state index in [4.69, 9.17) is 18.9 Å². The molecule has 0 saturated carbocycles. The summed E-state index contributed by atoms with van der Waals surface area (Å²) >= 11 is 0. The summed E-state index contributed by atoms with van der Waals surface area (Å²) in [7, 11) is 7.48. The number of rotatable bonds is 2. The van der Waals surface area contributed by atoms with Gasteiger partial charge in [0.15, 0.2) is 34.5 Å². The Morgan fingerprint density at radius 1 is 0.705 bits per heavy atom. The zero-order valence-electron chi connectivity index (χ0n) is 25.6. The van der Waals surface area contributed by atoms with E-state index in [-0.39, 0.29) is 23.6 Å². The first-order valence-corrected chi connectivity index (χ1v) is 15.1. The van der Waals surface area contributed by atoms with Gasteiger partial charge in [0, 0.05) is 30.7 Å². The van der Waals surface area contributed by atoms with Crippen LogP contribution >= 0.6 is 0 Å². The summed E-state index contributed by atoms with van der Waals surface area (Å²) in [6, 6.07) is 19.6. The molecular weight excluding hydrogens is 556 g/mol. The Bertz CT molecular complexity index is 1720. The predicted octanol–water partition coefficient (Wildman–Crippen LogP) is 6.56. The minimum atomic E-state index is -0.0304. The van der Waals surface area contributed by atoms with E-state index in [2.05, 4.69) is 48.2 Å². The molecule has 4 aromatic rings. The van der Waals surface area contributed by atoms with Crippen LogP contribution in [-0.2, 0) is 25.7 Å². The Balaban J connectivity index is 1.45. The number of phenols is 2. The van der Waals surface area contributed by atoms with Crippen molar-refractivity contribution >= 4 is 0 Å². The summed E-state index contributed by atoms with van der Waals surface area (Å²) in [5.74, 6) is 3.30. The maximum absolute atomic E-state index is 11.1. The number of ether oxygens (including phenoxy) is 4. The van der Waals surface area contributed by atoms with Crippen LogP contribution < -0.4 is 18.9 Å². The molecule has 0 radical (unpaired) electrons. The molecule has 4 aliphatic rings. The fraction of sp³-hybridized carbons (Fsp3) is 0.333. The van der Waals surface area contributed by atoms with Gasteiger partial charge < -0.3 is 29.2 Å². The van der Waals surface area contributed by atoms with Gasteiger partial charge in [0.05, 0.1) is 14.2 Å². The first-order chi connectivity index (χ1) is 21.3. The van der Waals surface area contributed by atoms with Gasteiger partial charge in [-0.1, -0.05) is 18.2 Å². The van der Waals surface area contributed by atoms with Gasteiger partial charge in [0.25, 0.3) is 0 Å². The van der Waals surface area contributed by atoms with Crippen LogP contribution in [0.4, 0.5) is 0 Å². The summed E-state index contributed by atoms with van der Waals surface area (Å²) in [6.07, 6.45) is 3.08. The molecule has 8 nitrogen and oxygen atoms in total. The van der Waals surface area contributed by atoms with Crippen LogP contribution in [0.3, 0.4) is 0 Å². The molecule has 0 aliphatic carbocycles. The average molecular weight is 595 g/mol. The lowest BCUT2D eigenvalue weighted by atomic mass is 9.87. The molecule has 0 amide bonds. The summed E-state index contributed by atoms with van der Waals surface area (Å²) in [6.45, 7) is 1.74. The number of hydrogen-bond donors (Lipinski definition) is 2. The van der Waals surface area contributed by atoms with Crippen molar-refractivity contribution in [3.63, 3.8) is 0 Å². The Morgan fingerprint density at radius 3 is 2.16 bits per heavy atom. The first-order valence-electron chi connectivity index (χ1n) is 15.1. The predicted molar refractivity (Wildman–Crippen MR) is 168 cm³/mol. The lowest BCUT2D eigenvalue weighted by molar-refractivity contribution is 0.220. The molecule has 4 aliphatic heterocycles. The Kier molecular flexibility index (Phi) is 7.26. The maximum Gasteiger partial charge on any atom is 0.204 e. The van der Waals surface area contributed by atoms with Crippen LogP contribution in [0.1, 0.15) is 45.5 Å². The first kappa shape index (κ1) is 28.4. The highest BCUT2D eigenvalue weighted by Gasteiger charge is 2.34. The molecule has 6 bridgehead atoms. The van der Waals surface area contributed by atoms with E-state index in [0.29, 0.717) is 47.3 Å². The molecule has 0 saturated heterocycles. The summed E-state index contributed by atoms with van der Waals surface area (Å²) in [5.41, 5.74) is 6.58. The van der Waals surface area contributed by atoms with E-state index in [1.807, 2.05) is 30.3 Å². The monoisotopic (exact) mass is 594 g/mol. The molecule has 8 heteroatoms. The fourth-order valence-corrected chi connectivity index (χ4v) is 6.98. The molecule has 1 unspecified atom stereocenters. The standard InChI is InChI=1S/C36H38N2O6/c1-37-13-11-23-19-32(41-3)33-20-26(23)27(37)16-22-7-10-29(39)31(17-22)43-25-8-5-21(6-9-25)15-28-34-24(12-14-38(28)2)18-30(40)35(42-4)36(34)44-33/h5-10,17-20,27-28,39-40H,11-16H2,1-4H3/t27-,28?/m1/s1. The minimum absolute atomic E-state index is 0.0304. The molecule has 4 aromatic carbocycles. The van der Waals surface area contributed by atoms with Crippen LogP contribution in [0.25, 0.3) is 0 Å². The minimum Gasteiger partial charge on any atom is -0.504 e. The SMILES string of the molecule is COc1cc2c3cc1Oc1c(OC)c(O)cc4c1C(Cc1ccc(cc1)Oc1cc(ccc1O)C[C@H]3N(C)CC2)N(C)CC4. The summed E-state index contributed by atoms with van der Waals surface area (Å²) in [5, 5.41) is 21.8. The molecule has 44 heavy (non-hydrogen) atoms. The van der Waals surface area contributed by atoms with Gasteiger partial charge in [-0.2, -0.15) is 0 Å². The maximum atomic E-state index is 11.1. The van der Waals surface area contributed by atoms with Crippen molar-refractivity contribution in [2.45, 2.75) is 37.8 Å². The van der Waals surface area contributed by atoms with Crippen LogP contribution in [0.2, 0.25) is 0 Å². The van der Waals surface area contributed by atoms with Gasteiger partial charge >= 0.3 is 0 Å². The molecule has 0 aromatic heterocycles. The number of fused-ring (bicyclic) bond motifs is 2. The molecule has 2 N–H and O–H groups in total. The molecule has 228 valence electrons. The van der Waals surface area contributed by atoms with E-state index >= 15 is 0 Å². The van der Waals surface area contributed by atoms with Crippen molar-refractivity contribution in [2.75, 3.05) is 41.4 Å². The van der Waals surface area contributed by atoms with Gasteiger partial charge in [-0.15, -0.1) is 0 Å². The van der Waals surface area contributed by atoms with Crippen molar-refractivity contribution in [1.29, 1.82) is 0 Å². The van der Waals surface area contributed by atoms with Crippen LogP contribution in [0.15, 0.2) is 60.7 Å². The topological polar surface area (TPSA) is 83.9 Å². The zero-order chi connectivity index (χ0) is 30.5. The Labute approximate surface area is 258 Å². The van der Waals surface area contributed by atoms with Crippen molar-refractivity contribution in [2.24, 2.45) is 0 Å². The lowest BCUT2D eigenvalue weighted by Gasteiger charge is -2.37. The average Bonchev–Trinajstić information content (AvgIpc) is 3.02. The highest BCUT2D eigenvalue weighted by Crippen LogP contribution is 2.51. The van der Waals surface area contributed by atoms with Gasteiger partial charge in [0.2, 0.25) is 5.75 Å². The van der Waals surface area contributed by atoms with E-state index < -0.39 is 0 Å². The molecular formula is C36H38N2O6. The van der Waals surface area contributed by atoms with E-state index in [1.54, 1.807) is 20.3 Å². The van der Waals surface area contributed by atoms with E-state index in [0.717, 1.165) is 53.7 Å². The van der Waals surface area contributed by atoms with Crippen LogP contribution in [0, 0.1) is 0 Å². The third-order valence-electron chi connectivity index (χ3n) is 9.44. The van der Waals surface area contributed by atoms with Crippen LogP contribution in [-0.4, -0.2) is 61.4 Å².